The van der Waals surface area contributed by atoms with Crippen molar-refractivity contribution in [2.45, 2.75) is 95.4 Å². The summed E-state index contributed by atoms with van der Waals surface area (Å²) in [4.78, 5) is 60.0. The summed E-state index contributed by atoms with van der Waals surface area (Å²) in [6.07, 6.45) is 1.48. The summed E-state index contributed by atoms with van der Waals surface area (Å²) >= 11 is 0. The van der Waals surface area contributed by atoms with Crippen LogP contribution >= 0.6 is 0 Å². The Hall–Kier alpha value is -4.20. The average molecular weight is 670 g/mol. The van der Waals surface area contributed by atoms with Crippen molar-refractivity contribution in [1.82, 2.24) is 25.2 Å². The lowest BCUT2D eigenvalue weighted by molar-refractivity contribution is -0.150. The number of fused-ring (bicyclic) bond motifs is 1. The molecule has 5 atom stereocenters. The number of rotatable bonds is 11. The topological polar surface area (TPSA) is 173 Å². The van der Waals surface area contributed by atoms with Crippen molar-refractivity contribution >= 4 is 44.6 Å². The molecule has 4 amide bonds. The molecule has 2 aliphatic carbocycles. The molecule has 13 nitrogen and oxygen atoms in total. The lowest BCUT2D eigenvalue weighted by Gasteiger charge is -2.34. The lowest BCUT2D eigenvalue weighted by Crippen LogP contribution is -2.58. The van der Waals surface area contributed by atoms with E-state index in [1.54, 1.807) is 40.8 Å². The van der Waals surface area contributed by atoms with Crippen LogP contribution in [0, 0.1) is 11.3 Å². The number of aromatic nitrogens is 1. The van der Waals surface area contributed by atoms with Crippen LogP contribution in [0.15, 0.2) is 49.2 Å². The number of amides is 4. The quantitative estimate of drug-likeness (QED) is 0.304. The molecule has 3 aliphatic rings. The number of sulfonamides is 1. The predicted octanol–water partition coefficient (Wildman–Crippen LogP) is 2.80. The van der Waals surface area contributed by atoms with Gasteiger partial charge < -0.3 is 25.0 Å². The summed E-state index contributed by atoms with van der Waals surface area (Å²) in [5.41, 5.74) is -2.39. The second-order valence-electron chi connectivity index (χ2n) is 14.0. The van der Waals surface area contributed by atoms with Gasteiger partial charge in [0.1, 0.15) is 17.7 Å². The van der Waals surface area contributed by atoms with Gasteiger partial charge >= 0.3 is 6.09 Å². The third-order valence-corrected chi connectivity index (χ3v) is 10.5. The Labute approximate surface area is 274 Å². The number of hydrogen-bond acceptors (Lipinski definition) is 9. The summed E-state index contributed by atoms with van der Waals surface area (Å²) in [6.45, 7) is 12.5. The minimum absolute atomic E-state index is 0.0361. The Morgan fingerprint density at radius 2 is 1.83 bits per heavy atom. The SMILES string of the molecule is C=C[C@@H]1C[C@]1(NC(=O)[C@@H]1C[C@@H](Oc2nccc3ccccc23)CN1C(=O)[C@@H](OC(=O)NC(C)C)C(C)(C)C)C(=O)NS(=O)(=O)C1CC1. The summed E-state index contributed by atoms with van der Waals surface area (Å²) in [7, 11) is -3.88. The number of nitrogens with one attached hydrogen (secondary N) is 3. The smallest absolute Gasteiger partial charge is 0.408 e. The summed E-state index contributed by atoms with van der Waals surface area (Å²) in [5.74, 6) is -2.30. The molecular weight excluding hydrogens is 626 g/mol. The molecule has 2 saturated carbocycles. The van der Waals surface area contributed by atoms with Gasteiger partial charge in [0.25, 0.3) is 11.8 Å². The highest BCUT2D eigenvalue weighted by molar-refractivity contribution is 7.91. The molecule has 3 fully saturated rings. The van der Waals surface area contributed by atoms with Crippen LogP contribution in [0.3, 0.4) is 0 Å². The van der Waals surface area contributed by atoms with Crippen LogP contribution in [-0.4, -0.2) is 83.7 Å². The molecule has 47 heavy (non-hydrogen) atoms. The number of likely N-dealkylation sites (tertiary alicyclic amines) is 1. The zero-order chi connectivity index (χ0) is 34.3. The van der Waals surface area contributed by atoms with Gasteiger partial charge in [-0.05, 0) is 50.6 Å². The van der Waals surface area contributed by atoms with Crippen molar-refractivity contribution in [2.75, 3.05) is 6.54 Å². The van der Waals surface area contributed by atoms with E-state index in [1.165, 1.54) is 11.0 Å². The van der Waals surface area contributed by atoms with Gasteiger partial charge in [0.2, 0.25) is 21.8 Å². The van der Waals surface area contributed by atoms with Crippen LogP contribution in [0.4, 0.5) is 4.79 Å². The fourth-order valence-corrected chi connectivity index (χ4v) is 7.23. The van der Waals surface area contributed by atoms with Gasteiger partial charge in [-0.2, -0.15) is 0 Å². The number of hydrogen-bond donors (Lipinski definition) is 3. The Bertz CT molecular complexity index is 1680. The van der Waals surface area contributed by atoms with Gasteiger partial charge in [0, 0.05) is 35.4 Å². The Balaban J connectivity index is 1.43. The second kappa shape index (κ2) is 12.8. The number of alkyl carbamates (subject to hydrolysis) is 1. The maximum Gasteiger partial charge on any atom is 0.408 e. The minimum atomic E-state index is -3.88. The molecule has 1 aromatic carbocycles. The molecule has 2 aromatic rings. The van der Waals surface area contributed by atoms with Crippen molar-refractivity contribution in [3.05, 3.63) is 49.2 Å². The number of ether oxygens (including phenoxy) is 2. The van der Waals surface area contributed by atoms with Gasteiger partial charge in [0.05, 0.1) is 11.8 Å². The van der Waals surface area contributed by atoms with Gasteiger partial charge in [-0.1, -0.05) is 45.0 Å². The first-order chi connectivity index (χ1) is 22.1. The zero-order valence-corrected chi connectivity index (χ0v) is 28.1. The van der Waals surface area contributed by atoms with Gasteiger partial charge in [-0.25, -0.2) is 18.2 Å². The summed E-state index contributed by atoms with van der Waals surface area (Å²) < 4.78 is 39.3. The molecule has 1 aliphatic heterocycles. The first-order valence-electron chi connectivity index (χ1n) is 15.8. The maximum atomic E-state index is 14.2. The maximum absolute atomic E-state index is 14.2. The van der Waals surface area contributed by atoms with E-state index in [0.717, 1.165) is 10.8 Å². The van der Waals surface area contributed by atoms with Crippen LogP contribution in [0.25, 0.3) is 10.8 Å². The van der Waals surface area contributed by atoms with Crippen molar-refractivity contribution < 1.29 is 37.1 Å². The molecule has 254 valence electrons. The van der Waals surface area contributed by atoms with Crippen LogP contribution in [0.2, 0.25) is 0 Å². The normalized spacial score (nSPS) is 24.7. The molecule has 0 spiro atoms. The Morgan fingerprint density at radius 1 is 1.13 bits per heavy atom. The van der Waals surface area contributed by atoms with E-state index in [0.29, 0.717) is 18.7 Å². The van der Waals surface area contributed by atoms with E-state index >= 15 is 0 Å². The molecule has 3 N–H and O–H groups in total. The number of benzene rings is 1. The van der Waals surface area contributed by atoms with Crippen LogP contribution < -0.4 is 20.1 Å². The van der Waals surface area contributed by atoms with E-state index in [1.807, 2.05) is 30.3 Å². The van der Waals surface area contributed by atoms with Crippen LogP contribution in [0.1, 0.15) is 60.3 Å². The van der Waals surface area contributed by atoms with Crippen molar-refractivity contribution in [2.24, 2.45) is 11.3 Å². The standard InChI is InChI=1S/C33H43N5O8S/c1-7-21-17-33(21,30(41)37-47(43,44)23-12-13-23)36-27(39)25-16-22(45-28-24-11-9-8-10-20(24)14-15-34-28)18-38(25)29(40)26(32(4,5)6)46-31(42)35-19(2)3/h7-11,14-15,19,21-23,25-26H,1,12-13,16-18H2,2-6H3,(H,35,42)(H,36,39)(H,37,41)/t21-,22-,25+,26-,33-/m1/s1. The predicted molar refractivity (Wildman–Crippen MR) is 174 cm³/mol. The van der Waals surface area contributed by atoms with E-state index < -0.39 is 74.2 Å². The third-order valence-electron chi connectivity index (χ3n) is 8.65. The third kappa shape index (κ3) is 7.37. The van der Waals surface area contributed by atoms with Crippen molar-refractivity contribution in [1.29, 1.82) is 0 Å². The lowest BCUT2D eigenvalue weighted by atomic mass is 9.88. The molecule has 1 saturated heterocycles. The first kappa shape index (κ1) is 34.1. The Morgan fingerprint density at radius 3 is 2.45 bits per heavy atom. The van der Waals surface area contributed by atoms with Crippen molar-refractivity contribution in [3.63, 3.8) is 0 Å². The monoisotopic (exact) mass is 669 g/mol. The van der Waals surface area contributed by atoms with E-state index in [9.17, 15) is 27.6 Å². The number of nitrogens with zero attached hydrogens (tertiary/aromatic N) is 2. The van der Waals surface area contributed by atoms with Gasteiger partial charge in [0.15, 0.2) is 6.10 Å². The van der Waals surface area contributed by atoms with Gasteiger partial charge in [-0.3, -0.25) is 19.1 Å². The Kier molecular flexibility index (Phi) is 9.28. The average Bonchev–Trinajstić information content (AvgIpc) is 3.92. The van der Waals surface area contributed by atoms with Crippen molar-refractivity contribution in [3.8, 4) is 5.88 Å². The van der Waals surface area contributed by atoms with Crippen LogP contribution in [-0.2, 0) is 29.1 Å². The molecule has 0 unspecified atom stereocenters. The van der Waals surface area contributed by atoms with E-state index in [-0.39, 0.29) is 25.4 Å². The fourth-order valence-electron chi connectivity index (χ4n) is 5.86. The molecule has 5 rings (SSSR count). The number of pyridine rings is 1. The largest absolute Gasteiger partial charge is 0.472 e. The summed E-state index contributed by atoms with van der Waals surface area (Å²) in [6, 6.07) is 7.98. The number of carbonyl (C=O) groups excluding carboxylic acids is 4. The zero-order valence-electron chi connectivity index (χ0n) is 27.3. The van der Waals surface area contributed by atoms with E-state index in [4.69, 9.17) is 9.47 Å². The molecule has 2 heterocycles. The van der Waals surface area contributed by atoms with Crippen LogP contribution in [0.5, 0.6) is 5.88 Å². The molecule has 0 radical (unpaired) electrons. The minimum Gasteiger partial charge on any atom is -0.472 e. The fraction of sp³-hybridized carbons (Fsp3) is 0.545. The van der Waals surface area contributed by atoms with E-state index in [2.05, 4.69) is 26.9 Å². The number of carbonyl (C=O) groups is 4. The second-order valence-corrected chi connectivity index (χ2v) is 15.9. The van der Waals surface area contributed by atoms with Gasteiger partial charge in [-0.15, -0.1) is 6.58 Å². The molecule has 14 heteroatoms. The highest BCUT2D eigenvalue weighted by atomic mass is 32.2. The highest BCUT2D eigenvalue weighted by Gasteiger charge is 2.62. The first-order valence-corrected chi connectivity index (χ1v) is 17.4. The highest BCUT2D eigenvalue weighted by Crippen LogP contribution is 2.45. The molecular formula is C33H43N5O8S. The molecule has 0 bridgehead atoms. The summed E-state index contributed by atoms with van der Waals surface area (Å²) in [5, 5.41) is 6.41. The molecule has 1 aromatic heterocycles.